The van der Waals surface area contributed by atoms with Gasteiger partial charge in [0.15, 0.2) is 5.16 Å². The van der Waals surface area contributed by atoms with Crippen LogP contribution in [0, 0.1) is 25.2 Å². The molecule has 156 valence electrons. The number of hydrogen-bond acceptors (Lipinski definition) is 6. The number of carbonyl (C=O) groups is 1. The van der Waals surface area contributed by atoms with Crippen molar-refractivity contribution in [2.24, 2.45) is 0 Å². The Bertz CT molecular complexity index is 1030. The maximum atomic E-state index is 13.1. The maximum absolute atomic E-state index is 13.1. The van der Waals surface area contributed by atoms with Gasteiger partial charge in [0.2, 0.25) is 5.91 Å². The highest BCUT2D eigenvalue weighted by molar-refractivity contribution is 7.99. The van der Waals surface area contributed by atoms with E-state index < -0.39 is 5.54 Å². The SMILES string of the molecule is Cc1sc2nc(SCC(=O)N(C)C3(C#N)CCCCC3)n(C(C)C)c(=O)c2c1C. The van der Waals surface area contributed by atoms with E-state index in [0.717, 1.165) is 47.4 Å². The zero-order valence-electron chi connectivity index (χ0n) is 17.7. The van der Waals surface area contributed by atoms with E-state index in [0.29, 0.717) is 10.5 Å². The van der Waals surface area contributed by atoms with Gasteiger partial charge in [-0.2, -0.15) is 5.26 Å². The van der Waals surface area contributed by atoms with Gasteiger partial charge in [0.25, 0.3) is 5.56 Å². The average Bonchev–Trinajstić information content (AvgIpc) is 2.99. The second-order valence-electron chi connectivity index (χ2n) is 8.07. The second-order valence-corrected chi connectivity index (χ2v) is 10.2. The fourth-order valence-electron chi connectivity index (χ4n) is 3.97. The van der Waals surface area contributed by atoms with Crippen LogP contribution in [0.3, 0.4) is 0 Å². The maximum Gasteiger partial charge on any atom is 0.263 e. The van der Waals surface area contributed by atoms with E-state index >= 15 is 0 Å². The zero-order chi connectivity index (χ0) is 21.3. The summed E-state index contributed by atoms with van der Waals surface area (Å²) in [7, 11) is 1.73. The molecule has 1 amide bonds. The summed E-state index contributed by atoms with van der Waals surface area (Å²) in [5.41, 5.74) is 0.237. The van der Waals surface area contributed by atoms with Crippen molar-refractivity contribution in [3.63, 3.8) is 0 Å². The molecule has 0 saturated heterocycles. The highest BCUT2D eigenvalue weighted by atomic mass is 32.2. The third kappa shape index (κ3) is 3.95. The predicted octanol–water partition coefficient (Wildman–Crippen LogP) is 4.43. The molecule has 0 atom stereocenters. The second kappa shape index (κ2) is 8.49. The predicted molar refractivity (Wildman–Crippen MR) is 119 cm³/mol. The summed E-state index contributed by atoms with van der Waals surface area (Å²) in [4.78, 5) is 34.2. The van der Waals surface area contributed by atoms with Crippen LogP contribution >= 0.6 is 23.1 Å². The third-order valence-electron chi connectivity index (χ3n) is 5.95. The molecule has 0 unspecified atom stereocenters. The van der Waals surface area contributed by atoms with Gasteiger partial charge in [-0.05, 0) is 46.1 Å². The van der Waals surface area contributed by atoms with Crippen molar-refractivity contribution in [2.45, 2.75) is 76.5 Å². The number of nitrogens with zero attached hydrogens (tertiary/aromatic N) is 4. The van der Waals surface area contributed by atoms with Crippen LogP contribution in [0.5, 0.6) is 0 Å². The molecule has 2 heterocycles. The van der Waals surface area contributed by atoms with E-state index in [2.05, 4.69) is 6.07 Å². The molecule has 8 heteroatoms. The monoisotopic (exact) mass is 432 g/mol. The van der Waals surface area contributed by atoms with Crippen LogP contribution in [0.4, 0.5) is 0 Å². The molecular weight excluding hydrogens is 404 g/mol. The number of aryl methyl sites for hydroxylation is 2. The molecule has 6 nitrogen and oxygen atoms in total. The molecule has 2 aromatic rings. The lowest BCUT2D eigenvalue weighted by Crippen LogP contribution is -2.50. The Hall–Kier alpha value is -1.85. The van der Waals surface area contributed by atoms with Crippen LogP contribution in [0.25, 0.3) is 10.2 Å². The lowest BCUT2D eigenvalue weighted by Gasteiger charge is -2.39. The van der Waals surface area contributed by atoms with Gasteiger partial charge in [0.1, 0.15) is 10.4 Å². The molecule has 0 bridgehead atoms. The summed E-state index contributed by atoms with van der Waals surface area (Å²) >= 11 is 2.80. The molecular formula is C21H28N4O2S2. The third-order valence-corrected chi connectivity index (χ3v) is 7.99. The minimum atomic E-state index is -0.701. The first kappa shape index (κ1) is 21.8. The van der Waals surface area contributed by atoms with Crippen molar-refractivity contribution in [1.29, 1.82) is 5.26 Å². The number of hydrogen-bond donors (Lipinski definition) is 0. The number of rotatable bonds is 5. The first-order valence-electron chi connectivity index (χ1n) is 10.0. The first-order valence-corrected chi connectivity index (χ1v) is 11.8. The molecule has 2 aromatic heterocycles. The molecule has 0 radical (unpaired) electrons. The van der Waals surface area contributed by atoms with Crippen molar-refractivity contribution in [1.82, 2.24) is 14.5 Å². The normalized spacial score (nSPS) is 16.2. The van der Waals surface area contributed by atoms with Gasteiger partial charge in [0.05, 0.1) is 17.2 Å². The van der Waals surface area contributed by atoms with E-state index in [4.69, 9.17) is 4.98 Å². The largest absolute Gasteiger partial charge is 0.326 e. The van der Waals surface area contributed by atoms with E-state index in [1.807, 2.05) is 27.7 Å². The fraction of sp³-hybridized carbons (Fsp3) is 0.619. The van der Waals surface area contributed by atoms with E-state index in [-0.39, 0.29) is 23.3 Å². The number of fused-ring (bicyclic) bond motifs is 1. The standard InChI is InChI=1S/C21H28N4O2S2/c1-13(2)25-19(27)17-14(3)15(4)29-18(17)23-20(25)28-11-16(26)24(5)21(12-22)9-7-6-8-10-21/h13H,6-11H2,1-5H3. The quantitative estimate of drug-likeness (QED) is 0.516. The molecule has 0 aromatic carbocycles. The lowest BCUT2D eigenvalue weighted by molar-refractivity contribution is -0.131. The Morgan fingerprint density at radius 1 is 1.34 bits per heavy atom. The Balaban J connectivity index is 1.88. The molecule has 1 aliphatic rings. The number of thioether (sulfide) groups is 1. The van der Waals surface area contributed by atoms with Gasteiger partial charge in [0, 0.05) is 18.0 Å². The summed E-state index contributed by atoms with van der Waals surface area (Å²) in [5, 5.41) is 11.0. The van der Waals surface area contributed by atoms with Gasteiger partial charge in [-0.15, -0.1) is 11.3 Å². The summed E-state index contributed by atoms with van der Waals surface area (Å²) < 4.78 is 1.68. The summed E-state index contributed by atoms with van der Waals surface area (Å²) in [6.45, 7) is 7.86. The Morgan fingerprint density at radius 2 is 2.00 bits per heavy atom. The van der Waals surface area contributed by atoms with E-state index in [1.165, 1.54) is 23.1 Å². The van der Waals surface area contributed by atoms with Crippen LogP contribution in [-0.2, 0) is 4.79 Å². The van der Waals surface area contributed by atoms with Crippen LogP contribution < -0.4 is 5.56 Å². The Kier molecular flexibility index (Phi) is 6.39. The molecule has 29 heavy (non-hydrogen) atoms. The number of carbonyl (C=O) groups excluding carboxylic acids is 1. The van der Waals surface area contributed by atoms with Crippen LogP contribution in [0.1, 0.15) is 62.4 Å². The van der Waals surface area contributed by atoms with Crippen molar-refractivity contribution >= 4 is 39.2 Å². The minimum Gasteiger partial charge on any atom is -0.326 e. The molecule has 0 spiro atoms. The van der Waals surface area contributed by atoms with Gasteiger partial charge >= 0.3 is 0 Å². The van der Waals surface area contributed by atoms with Gasteiger partial charge in [-0.25, -0.2) is 4.98 Å². The van der Waals surface area contributed by atoms with Crippen LogP contribution in [0.15, 0.2) is 9.95 Å². The fourth-order valence-corrected chi connectivity index (χ4v) is 6.08. The topological polar surface area (TPSA) is 79.0 Å². The first-order chi connectivity index (χ1) is 13.7. The smallest absolute Gasteiger partial charge is 0.263 e. The van der Waals surface area contributed by atoms with Crippen LogP contribution in [0.2, 0.25) is 0 Å². The number of nitriles is 1. The highest BCUT2D eigenvalue weighted by Crippen LogP contribution is 2.34. The van der Waals surface area contributed by atoms with Crippen molar-refractivity contribution in [2.75, 3.05) is 12.8 Å². The number of amides is 1. The Morgan fingerprint density at radius 3 is 2.59 bits per heavy atom. The van der Waals surface area contributed by atoms with Gasteiger partial charge < -0.3 is 4.90 Å². The van der Waals surface area contributed by atoms with E-state index in [9.17, 15) is 14.9 Å². The molecule has 1 fully saturated rings. The van der Waals surface area contributed by atoms with Gasteiger partial charge in [-0.1, -0.05) is 31.0 Å². The minimum absolute atomic E-state index is 0.0454. The average molecular weight is 433 g/mol. The van der Waals surface area contributed by atoms with Crippen LogP contribution in [-0.4, -0.2) is 38.7 Å². The van der Waals surface area contributed by atoms with Crippen molar-refractivity contribution < 1.29 is 4.79 Å². The number of thiophene rings is 1. The molecule has 1 aliphatic carbocycles. The molecule has 1 saturated carbocycles. The highest BCUT2D eigenvalue weighted by Gasteiger charge is 2.38. The Labute approximate surface area is 179 Å². The van der Waals surface area contributed by atoms with E-state index in [1.54, 1.807) is 16.5 Å². The summed E-state index contributed by atoms with van der Waals surface area (Å²) in [6.07, 6.45) is 4.52. The van der Waals surface area contributed by atoms with Crippen molar-refractivity contribution in [3.05, 3.63) is 20.8 Å². The summed E-state index contributed by atoms with van der Waals surface area (Å²) in [5.74, 6) is 0.0649. The van der Waals surface area contributed by atoms with Crippen molar-refractivity contribution in [3.8, 4) is 6.07 Å². The molecule has 0 aliphatic heterocycles. The molecule has 3 rings (SSSR count). The lowest BCUT2D eigenvalue weighted by atomic mass is 9.81. The molecule has 0 N–H and O–H groups in total. The zero-order valence-corrected chi connectivity index (χ0v) is 19.4. The van der Waals surface area contributed by atoms with Gasteiger partial charge in [-0.3, -0.25) is 14.2 Å². The number of aromatic nitrogens is 2. The summed E-state index contributed by atoms with van der Waals surface area (Å²) in [6, 6.07) is 2.34.